The predicted molar refractivity (Wildman–Crippen MR) is 80.7 cm³/mol. The minimum absolute atomic E-state index is 0.0428. The van der Waals surface area contributed by atoms with E-state index in [-0.39, 0.29) is 12.5 Å². The number of nitrogens with two attached hydrogens (primary N) is 1. The second kappa shape index (κ2) is 7.17. The van der Waals surface area contributed by atoms with E-state index in [1.165, 1.54) is 25.7 Å². The summed E-state index contributed by atoms with van der Waals surface area (Å²) in [6.07, 6.45) is 7.16. The highest BCUT2D eigenvalue weighted by Crippen LogP contribution is 2.22. The molecule has 0 bridgehead atoms. The van der Waals surface area contributed by atoms with Crippen LogP contribution < -0.4 is 15.8 Å². The smallest absolute Gasteiger partial charge is 0.258 e. The van der Waals surface area contributed by atoms with Crippen molar-refractivity contribution in [3.05, 3.63) is 23.8 Å². The van der Waals surface area contributed by atoms with Gasteiger partial charge in [0.1, 0.15) is 5.75 Å². The van der Waals surface area contributed by atoms with Crippen LogP contribution in [0.2, 0.25) is 0 Å². The second-order valence-electron chi connectivity index (χ2n) is 5.52. The van der Waals surface area contributed by atoms with Crippen molar-refractivity contribution < 1.29 is 9.53 Å². The fraction of sp³-hybridized carbons (Fsp3) is 0.562. The molecular weight excluding hydrogens is 252 g/mol. The molecule has 0 heterocycles. The first-order valence-electron chi connectivity index (χ1n) is 7.44. The number of anilines is 1. The Balaban J connectivity index is 1.81. The molecule has 1 aromatic rings. The van der Waals surface area contributed by atoms with Crippen molar-refractivity contribution in [2.45, 2.75) is 51.5 Å². The van der Waals surface area contributed by atoms with Gasteiger partial charge < -0.3 is 15.8 Å². The summed E-state index contributed by atoms with van der Waals surface area (Å²) < 4.78 is 5.56. The fourth-order valence-electron chi connectivity index (χ4n) is 2.62. The van der Waals surface area contributed by atoms with E-state index >= 15 is 0 Å². The molecule has 1 saturated carbocycles. The summed E-state index contributed by atoms with van der Waals surface area (Å²) in [5.74, 6) is 0.639. The average molecular weight is 276 g/mol. The summed E-state index contributed by atoms with van der Waals surface area (Å²) in [7, 11) is 0. The van der Waals surface area contributed by atoms with Gasteiger partial charge in [-0.2, -0.15) is 0 Å². The number of hydrogen-bond acceptors (Lipinski definition) is 3. The van der Waals surface area contributed by atoms with Gasteiger partial charge in [-0.1, -0.05) is 31.7 Å². The SMILES string of the molecule is Cc1c(N)cccc1OCC(=O)NC1CCCCCC1. The van der Waals surface area contributed by atoms with E-state index < -0.39 is 0 Å². The molecule has 20 heavy (non-hydrogen) atoms. The topological polar surface area (TPSA) is 64.3 Å². The van der Waals surface area contributed by atoms with Gasteiger partial charge in [0.2, 0.25) is 0 Å². The molecule has 1 aliphatic carbocycles. The minimum Gasteiger partial charge on any atom is -0.483 e. The molecule has 0 spiro atoms. The van der Waals surface area contributed by atoms with Crippen LogP contribution in [0.1, 0.15) is 44.1 Å². The van der Waals surface area contributed by atoms with Crippen molar-refractivity contribution in [3.63, 3.8) is 0 Å². The van der Waals surface area contributed by atoms with Crippen LogP contribution in [0.25, 0.3) is 0 Å². The zero-order valence-corrected chi connectivity index (χ0v) is 12.2. The molecule has 1 fully saturated rings. The van der Waals surface area contributed by atoms with E-state index in [4.69, 9.17) is 10.5 Å². The summed E-state index contributed by atoms with van der Waals surface area (Å²) in [5.41, 5.74) is 7.38. The average Bonchev–Trinajstić information content (AvgIpc) is 2.69. The highest BCUT2D eigenvalue weighted by atomic mass is 16.5. The molecule has 0 unspecified atom stereocenters. The number of hydrogen-bond donors (Lipinski definition) is 2. The summed E-state index contributed by atoms with van der Waals surface area (Å²) in [4.78, 5) is 11.9. The van der Waals surface area contributed by atoms with E-state index in [2.05, 4.69) is 5.32 Å². The molecule has 4 heteroatoms. The molecule has 0 saturated heterocycles. The minimum atomic E-state index is -0.0428. The first-order valence-corrected chi connectivity index (χ1v) is 7.44. The van der Waals surface area contributed by atoms with Gasteiger partial charge in [0.25, 0.3) is 5.91 Å². The van der Waals surface area contributed by atoms with Crippen molar-refractivity contribution in [1.29, 1.82) is 0 Å². The van der Waals surface area contributed by atoms with Crippen molar-refractivity contribution in [2.24, 2.45) is 0 Å². The van der Waals surface area contributed by atoms with Crippen molar-refractivity contribution in [1.82, 2.24) is 5.32 Å². The monoisotopic (exact) mass is 276 g/mol. The van der Waals surface area contributed by atoms with Crippen LogP contribution in [0.4, 0.5) is 5.69 Å². The number of carbonyl (C=O) groups excluding carboxylic acids is 1. The number of rotatable bonds is 4. The van der Waals surface area contributed by atoms with E-state index in [0.29, 0.717) is 17.5 Å². The van der Waals surface area contributed by atoms with E-state index in [0.717, 1.165) is 18.4 Å². The molecule has 0 radical (unpaired) electrons. The Hall–Kier alpha value is -1.71. The lowest BCUT2D eigenvalue weighted by atomic mass is 10.1. The van der Waals surface area contributed by atoms with Crippen LogP contribution >= 0.6 is 0 Å². The number of carbonyl (C=O) groups is 1. The van der Waals surface area contributed by atoms with Gasteiger partial charge in [0, 0.05) is 17.3 Å². The normalized spacial score (nSPS) is 16.4. The Morgan fingerprint density at radius 2 is 2.00 bits per heavy atom. The lowest BCUT2D eigenvalue weighted by molar-refractivity contribution is -0.123. The molecular formula is C16H24N2O2. The molecule has 1 aliphatic rings. The van der Waals surface area contributed by atoms with E-state index in [1.54, 1.807) is 0 Å². The maximum atomic E-state index is 11.9. The standard InChI is InChI=1S/C16H24N2O2/c1-12-14(17)9-6-10-15(12)20-11-16(19)18-13-7-4-2-3-5-8-13/h6,9-10,13H,2-5,7-8,11,17H2,1H3,(H,18,19). The van der Waals surface area contributed by atoms with Gasteiger partial charge in [0.15, 0.2) is 6.61 Å². The van der Waals surface area contributed by atoms with Crippen molar-refractivity contribution >= 4 is 11.6 Å². The third kappa shape index (κ3) is 4.15. The van der Waals surface area contributed by atoms with E-state index in [9.17, 15) is 4.79 Å². The molecule has 1 amide bonds. The molecule has 0 aromatic heterocycles. The highest BCUT2D eigenvalue weighted by molar-refractivity contribution is 5.78. The van der Waals surface area contributed by atoms with Gasteiger partial charge in [-0.15, -0.1) is 0 Å². The Morgan fingerprint density at radius 1 is 1.30 bits per heavy atom. The molecule has 1 aromatic carbocycles. The lowest BCUT2D eigenvalue weighted by Gasteiger charge is -2.17. The molecule has 3 N–H and O–H groups in total. The van der Waals surface area contributed by atoms with Gasteiger partial charge in [0.05, 0.1) is 0 Å². The van der Waals surface area contributed by atoms with Gasteiger partial charge in [-0.3, -0.25) is 4.79 Å². The summed E-state index contributed by atoms with van der Waals surface area (Å²) in [6, 6.07) is 5.81. The lowest BCUT2D eigenvalue weighted by Crippen LogP contribution is -2.37. The maximum absolute atomic E-state index is 11.9. The Bertz CT molecular complexity index is 452. The van der Waals surface area contributed by atoms with Crippen LogP contribution in [0, 0.1) is 6.92 Å². The second-order valence-corrected chi connectivity index (χ2v) is 5.52. The zero-order valence-electron chi connectivity index (χ0n) is 12.2. The summed E-state index contributed by atoms with van der Waals surface area (Å²) in [6.45, 7) is 1.95. The molecule has 110 valence electrons. The summed E-state index contributed by atoms with van der Waals surface area (Å²) in [5, 5.41) is 3.07. The Labute approximate surface area is 120 Å². The molecule has 0 aliphatic heterocycles. The zero-order chi connectivity index (χ0) is 14.4. The van der Waals surface area contributed by atoms with Gasteiger partial charge in [-0.05, 0) is 31.9 Å². The maximum Gasteiger partial charge on any atom is 0.258 e. The third-order valence-electron chi connectivity index (χ3n) is 3.91. The van der Waals surface area contributed by atoms with Gasteiger partial charge in [-0.25, -0.2) is 0 Å². The van der Waals surface area contributed by atoms with Crippen LogP contribution in [0.15, 0.2) is 18.2 Å². The molecule has 2 rings (SSSR count). The number of benzene rings is 1. The number of nitrogen functional groups attached to an aromatic ring is 1. The predicted octanol–water partition coefficient (Wildman–Crippen LogP) is 2.80. The number of ether oxygens (including phenoxy) is 1. The highest BCUT2D eigenvalue weighted by Gasteiger charge is 2.15. The summed E-state index contributed by atoms with van der Waals surface area (Å²) >= 11 is 0. The van der Waals surface area contributed by atoms with Crippen molar-refractivity contribution in [2.75, 3.05) is 12.3 Å². The van der Waals surface area contributed by atoms with Crippen LogP contribution in [0.3, 0.4) is 0 Å². The number of amides is 1. The van der Waals surface area contributed by atoms with Crippen LogP contribution in [-0.2, 0) is 4.79 Å². The molecule has 4 nitrogen and oxygen atoms in total. The Morgan fingerprint density at radius 3 is 2.70 bits per heavy atom. The first kappa shape index (κ1) is 14.7. The fourth-order valence-corrected chi connectivity index (χ4v) is 2.62. The Kier molecular flexibility index (Phi) is 5.27. The van der Waals surface area contributed by atoms with Crippen molar-refractivity contribution in [3.8, 4) is 5.75 Å². The quantitative estimate of drug-likeness (QED) is 0.656. The first-order chi connectivity index (χ1) is 9.66. The van der Waals surface area contributed by atoms with E-state index in [1.807, 2.05) is 25.1 Å². The largest absolute Gasteiger partial charge is 0.483 e. The van der Waals surface area contributed by atoms with Crippen LogP contribution in [0.5, 0.6) is 5.75 Å². The third-order valence-corrected chi connectivity index (χ3v) is 3.91. The number of nitrogens with one attached hydrogen (secondary N) is 1. The molecule has 0 atom stereocenters. The van der Waals surface area contributed by atoms with Gasteiger partial charge >= 0.3 is 0 Å². The van der Waals surface area contributed by atoms with Crippen LogP contribution in [-0.4, -0.2) is 18.6 Å².